The standard InChI is InChI=1S/C15H22Cl2N4O.HI/c1-4-18-14(22)9-20-15(19-5-2)21(3)10-11-6-7-12(16)13(17)8-11;/h6-8H,4-5,9-10H2,1-3H3,(H,18,22)(H,19,20);1H. The smallest absolute Gasteiger partial charge is 0.241 e. The molecule has 0 aliphatic heterocycles. The first kappa shape index (κ1) is 22.3. The van der Waals surface area contributed by atoms with Gasteiger partial charge in [-0.15, -0.1) is 24.0 Å². The molecule has 1 aromatic carbocycles. The van der Waals surface area contributed by atoms with Crippen molar-refractivity contribution in [1.82, 2.24) is 15.5 Å². The SMILES string of the molecule is CCNC(=O)CN=C(NCC)N(C)Cc1ccc(Cl)c(Cl)c1.I. The lowest BCUT2D eigenvalue weighted by molar-refractivity contribution is -0.119. The summed E-state index contributed by atoms with van der Waals surface area (Å²) in [6.07, 6.45) is 0. The summed E-state index contributed by atoms with van der Waals surface area (Å²) < 4.78 is 0. The van der Waals surface area contributed by atoms with Crippen molar-refractivity contribution in [2.24, 2.45) is 4.99 Å². The number of halogens is 3. The molecule has 0 atom stereocenters. The Hall–Kier alpha value is -0.730. The molecule has 1 aromatic rings. The van der Waals surface area contributed by atoms with E-state index in [-0.39, 0.29) is 36.4 Å². The third kappa shape index (κ3) is 8.08. The van der Waals surface area contributed by atoms with Crippen molar-refractivity contribution >= 4 is 59.0 Å². The Morgan fingerprint density at radius 3 is 2.39 bits per heavy atom. The lowest BCUT2D eigenvalue weighted by atomic mass is 10.2. The van der Waals surface area contributed by atoms with Gasteiger partial charge >= 0.3 is 0 Å². The summed E-state index contributed by atoms with van der Waals surface area (Å²) in [6.45, 7) is 5.89. The van der Waals surface area contributed by atoms with Crippen LogP contribution in [-0.4, -0.2) is 43.4 Å². The molecule has 1 amide bonds. The van der Waals surface area contributed by atoms with Gasteiger partial charge in [-0.1, -0.05) is 29.3 Å². The molecule has 0 heterocycles. The van der Waals surface area contributed by atoms with Crippen LogP contribution in [-0.2, 0) is 11.3 Å². The van der Waals surface area contributed by atoms with Crippen LogP contribution in [0.1, 0.15) is 19.4 Å². The number of guanidine groups is 1. The maximum absolute atomic E-state index is 11.5. The van der Waals surface area contributed by atoms with Gasteiger partial charge in [-0.05, 0) is 31.5 Å². The van der Waals surface area contributed by atoms with Crippen LogP contribution in [0.4, 0.5) is 0 Å². The molecule has 23 heavy (non-hydrogen) atoms. The third-order valence-corrected chi connectivity index (χ3v) is 3.59. The zero-order valence-electron chi connectivity index (χ0n) is 13.5. The van der Waals surface area contributed by atoms with Crippen LogP contribution in [0.25, 0.3) is 0 Å². The second-order valence-electron chi connectivity index (χ2n) is 4.73. The maximum atomic E-state index is 11.5. The zero-order chi connectivity index (χ0) is 16.5. The van der Waals surface area contributed by atoms with Gasteiger partial charge in [0.15, 0.2) is 5.96 Å². The zero-order valence-corrected chi connectivity index (χ0v) is 17.4. The van der Waals surface area contributed by atoms with E-state index >= 15 is 0 Å². The lowest BCUT2D eigenvalue weighted by Gasteiger charge is -2.22. The predicted molar refractivity (Wildman–Crippen MR) is 108 cm³/mol. The fourth-order valence-electron chi connectivity index (χ4n) is 1.86. The van der Waals surface area contributed by atoms with Crippen LogP contribution < -0.4 is 10.6 Å². The Labute approximate surface area is 164 Å². The summed E-state index contributed by atoms with van der Waals surface area (Å²) in [5.41, 5.74) is 1.01. The third-order valence-electron chi connectivity index (χ3n) is 2.85. The lowest BCUT2D eigenvalue weighted by Crippen LogP contribution is -2.39. The Morgan fingerprint density at radius 1 is 1.17 bits per heavy atom. The van der Waals surface area contributed by atoms with Crippen molar-refractivity contribution in [2.45, 2.75) is 20.4 Å². The van der Waals surface area contributed by atoms with Gasteiger partial charge in [-0.25, -0.2) is 4.99 Å². The van der Waals surface area contributed by atoms with Gasteiger partial charge in [-0.2, -0.15) is 0 Å². The monoisotopic (exact) mass is 472 g/mol. The summed E-state index contributed by atoms with van der Waals surface area (Å²) in [7, 11) is 1.90. The van der Waals surface area contributed by atoms with Crippen LogP contribution in [0.2, 0.25) is 10.0 Å². The number of rotatable bonds is 6. The molecule has 5 nitrogen and oxygen atoms in total. The van der Waals surface area contributed by atoms with Crippen molar-refractivity contribution in [3.8, 4) is 0 Å². The topological polar surface area (TPSA) is 56.7 Å². The van der Waals surface area contributed by atoms with Crippen LogP contribution in [0.15, 0.2) is 23.2 Å². The second kappa shape index (κ2) is 11.8. The minimum Gasteiger partial charge on any atom is -0.357 e. The van der Waals surface area contributed by atoms with Crippen LogP contribution in [0, 0.1) is 0 Å². The molecule has 0 saturated heterocycles. The molecule has 0 saturated carbocycles. The molecule has 0 aliphatic rings. The molecule has 0 fully saturated rings. The molecule has 0 radical (unpaired) electrons. The Balaban J connectivity index is 0.00000484. The Morgan fingerprint density at radius 2 is 1.83 bits per heavy atom. The number of carbonyl (C=O) groups excluding carboxylic acids is 1. The van der Waals surface area contributed by atoms with E-state index in [1.54, 1.807) is 6.07 Å². The van der Waals surface area contributed by atoms with Gasteiger partial charge in [0.25, 0.3) is 0 Å². The minimum atomic E-state index is -0.0964. The normalized spacial score (nSPS) is 10.7. The summed E-state index contributed by atoms with van der Waals surface area (Å²) in [5, 5.41) is 6.94. The van der Waals surface area contributed by atoms with Crippen molar-refractivity contribution in [3.05, 3.63) is 33.8 Å². The van der Waals surface area contributed by atoms with E-state index in [0.29, 0.717) is 29.1 Å². The second-order valence-corrected chi connectivity index (χ2v) is 5.54. The first-order chi connectivity index (χ1) is 10.5. The molecule has 130 valence electrons. The number of likely N-dealkylation sites (N-methyl/N-ethyl adjacent to an activating group) is 1. The Bertz CT molecular complexity index is 540. The Kier molecular flexibility index (Phi) is 11.4. The highest BCUT2D eigenvalue weighted by molar-refractivity contribution is 14.0. The first-order valence-electron chi connectivity index (χ1n) is 7.18. The summed E-state index contributed by atoms with van der Waals surface area (Å²) in [5.74, 6) is 0.570. The van der Waals surface area contributed by atoms with E-state index < -0.39 is 0 Å². The minimum absolute atomic E-state index is 0. The highest BCUT2D eigenvalue weighted by atomic mass is 127. The van der Waals surface area contributed by atoms with Crippen LogP contribution in [0.5, 0.6) is 0 Å². The van der Waals surface area contributed by atoms with E-state index in [2.05, 4.69) is 15.6 Å². The molecule has 0 aliphatic carbocycles. The number of carbonyl (C=O) groups is 1. The predicted octanol–water partition coefficient (Wildman–Crippen LogP) is 3.14. The number of benzene rings is 1. The fourth-order valence-corrected chi connectivity index (χ4v) is 2.18. The van der Waals surface area contributed by atoms with Gasteiger partial charge < -0.3 is 15.5 Å². The number of hydrogen-bond acceptors (Lipinski definition) is 2. The van der Waals surface area contributed by atoms with Crippen molar-refractivity contribution in [2.75, 3.05) is 26.7 Å². The largest absolute Gasteiger partial charge is 0.357 e. The molecule has 2 N–H and O–H groups in total. The summed E-state index contributed by atoms with van der Waals surface area (Å²) >= 11 is 11.9. The average molecular weight is 473 g/mol. The molecule has 1 rings (SSSR count). The van der Waals surface area contributed by atoms with Crippen molar-refractivity contribution in [3.63, 3.8) is 0 Å². The van der Waals surface area contributed by atoms with Gasteiger partial charge in [-0.3, -0.25) is 4.79 Å². The number of hydrogen-bond donors (Lipinski definition) is 2. The van der Waals surface area contributed by atoms with Gasteiger partial charge in [0.1, 0.15) is 6.54 Å². The highest BCUT2D eigenvalue weighted by Crippen LogP contribution is 2.23. The maximum Gasteiger partial charge on any atom is 0.241 e. The van der Waals surface area contributed by atoms with Gasteiger partial charge in [0.05, 0.1) is 10.0 Å². The average Bonchev–Trinajstić information content (AvgIpc) is 2.47. The van der Waals surface area contributed by atoms with Crippen LogP contribution in [0.3, 0.4) is 0 Å². The molecule has 0 unspecified atom stereocenters. The quantitative estimate of drug-likeness (QED) is 0.380. The van der Waals surface area contributed by atoms with E-state index in [9.17, 15) is 4.79 Å². The number of nitrogens with one attached hydrogen (secondary N) is 2. The van der Waals surface area contributed by atoms with E-state index in [1.807, 2.05) is 37.9 Å². The van der Waals surface area contributed by atoms with E-state index in [4.69, 9.17) is 23.2 Å². The van der Waals surface area contributed by atoms with Gasteiger partial charge in [0.2, 0.25) is 5.91 Å². The summed E-state index contributed by atoms with van der Waals surface area (Å²) in [4.78, 5) is 17.8. The van der Waals surface area contributed by atoms with Crippen molar-refractivity contribution < 1.29 is 4.79 Å². The number of amides is 1. The van der Waals surface area contributed by atoms with Crippen LogP contribution >= 0.6 is 47.2 Å². The van der Waals surface area contributed by atoms with E-state index in [1.165, 1.54) is 0 Å². The molecular formula is C15H23Cl2IN4O. The van der Waals surface area contributed by atoms with E-state index in [0.717, 1.165) is 12.1 Å². The van der Waals surface area contributed by atoms with Crippen molar-refractivity contribution in [1.29, 1.82) is 0 Å². The molecule has 0 aromatic heterocycles. The first-order valence-corrected chi connectivity index (χ1v) is 7.93. The molecule has 0 spiro atoms. The van der Waals surface area contributed by atoms with Gasteiger partial charge in [0, 0.05) is 26.7 Å². The fraction of sp³-hybridized carbons (Fsp3) is 0.467. The number of nitrogens with zero attached hydrogens (tertiary/aromatic N) is 2. The molecular weight excluding hydrogens is 450 g/mol. The summed E-state index contributed by atoms with van der Waals surface area (Å²) in [6, 6.07) is 5.51. The molecule has 0 bridgehead atoms. The number of aliphatic imine (C=N–C) groups is 1. The molecule has 8 heteroatoms. The highest BCUT2D eigenvalue weighted by Gasteiger charge is 2.09.